The molecule has 2 N–H and O–H groups in total. The number of benzene rings is 2. The number of nitrogens with zero attached hydrogens (tertiary/aromatic N) is 3. The fourth-order valence-corrected chi connectivity index (χ4v) is 5.43. The number of likely N-dealkylation sites (tertiary alicyclic amines) is 1. The van der Waals surface area contributed by atoms with Crippen LogP contribution in [0.25, 0.3) is 28.2 Å². The normalized spacial score (nSPS) is 19.2. The van der Waals surface area contributed by atoms with Crippen LogP contribution in [-0.2, 0) is 0 Å². The Labute approximate surface area is 213 Å². The minimum Gasteiger partial charge on any atom is -0.423 e. The number of carbonyl (C=O) groups is 1. The van der Waals surface area contributed by atoms with Gasteiger partial charge in [0.25, 0.3) is 5.91 Å². The molecule has 0 saturated carbocycles. The largest absolute Gasteiger partial charge is 0.423 e. The molecule has 2 aliphatic rings. The lowest BCUT2D eigenvalue weighted by atomic mass is 10.0. The maximum atomic E-state index is 15.0. The van der Waals surface area contributed by atoms with Crippen molar-refractivity contribution in [2.75, 3.05) is 32.7 Å². The summed E-state index contributed by atoms with van der Waals surface area (Å²) in [7, 11) is 0. The van der Waals surface area contributed by atoms with E-state index in [1.807, 2.05) is 12.1 Å². The maximum absolute atomic E-state index is 15.0. The molecule has 4 aromatic rings. The molecule has 194 valence electrons. The van der Waals surface area contributed by atoms with Crippen LogP contribution in [0.5, 0.6) is 0 Å². The van der Waals surface area contributed by atoms with Gasteiger partial charge >= 0.3 is 5.84 Å². The van der Waals surface area contributed by atoms with E-state index in [1.54, 1.807) is 34.9 Å². The standard InChI is InChI=1S/C28H31F2N5O2/c29-20-8-13-34(14-9-20)12-2-11-32-27(36)19-5-7-25-26(16-19)37-28-33-24(17-35(25)28)21-6-4-18(15-22(21)30)23-3-1-10-31-23/h4-7,15-17,20,23,31H,1-3,8-14H2,(H,32,36)/t23-/m1/s1. The summed E-state index contributed by atoms with van der Waals surface area (Å²) in [4.78, 5) is 19.4. The quantitative estimate of drug-likeness (QED) is 0.350. The second-order valence-electron chi connectivity index (χ2n) is 10.1. The number of hydrogen-bond donors (Lipinski definition) is 2. The van der Waals surface area contributed by atoms with E-state index >= 15 is 0 Å². The van der Waals surface area contributed by atoms with E-state index in [9.17, 15) is 13.6 Å². The second kappa shape index (κ2) is 10.2. The summed E-state index contributed by atoms with van der Waals surface area (Å²) in [6.45, 7) is 3.93. The van der Waals surface area contributed by atoms with Gasteiger partial charge in [-0.1, -0.05) is 6.07 Å². The van der Waals surface area contributed by atoms with Crippen LogP contribution >= 0.6 is 0 Å². The molecule has 2 aliphatic heterocycles. The highest BCUT2D eigenvalue weighted by Crippen LogP contribution is 2.30. The van der Waals surface area contributed by atoms with Crippen LogP contribution in [0.2, 0.25) is 0 Å². The molecule has 0 radical (unpaired) electrons. The van der Waals surface area contributed by atoms with Crippen LogP contribution in [0.1, 0.15) is 54.1 Å². The summed E-state index contributed by atoms with van der Waals surface area (Å²) in [6.07, 6.45) is 5.22. The van der Waals surface area contributed by atoms with Gasteiger partial charge in [-0.15, -0.1) is 0 Å². The summed E-state index contributed by atoms with van der Waals surface area (Å²) in [6, 6.07) is 10.8. The average molecular weight is 508 g/mol. The smallest absolute Gasteiger partial charge is 0.307 e. The SMILES string of the molecule is O=C(NCCCN1CCC(F)CC1)c1ccc2c(c1)oc1nc(-c3ccc([C@H]4CCCN4)cc3F)cn12. The van der Waals surface area contributed by atoms with Crippen LogP contribution in [0, 0.1) is 5.82 Å². The Hall–Kier alpha value is -3.30. The highest BCUT2D eigenvalue weighted by molar-refractivity contribution is 5.97. The van der Waals surface area contributed by atoms with Crippen LogP contribution < -0.4 is 10.6 Å². The average Bonchev–Trinajstić information content (AvgIpc) is 3.64. The monoisotopic (exact) mass is 507 g/mol. The van der Waals surface area contributed by atoms with Gasteiger partial charge in [-0.2, -0.15) is 4.98 Å². The Bertz CT molecular complexity index is 1420. The predicted molar refractivity (Wildman–Crippen MR) is 138 cm³/mol. The van der Waals surface area contributed by atoms with Gasteiger partial charge in [0.05, 0.1) is 11.2 Å². The summed E-state index contributed by atoms with van der Waals surface area (Å²) in [5.41, 5.74) is 3.69. The molecule has 2 aromatic carbocycles. The number of aromatic nitrogens is 2. The molecule has 1 amide bonds. The van der Waals surface area contributed by atoms with E-state index in [2.05, 4.69) is 20.5 Å². The second-order valence-corrected chi connectivity index (χ2v) is 10.1. The van der Waals surface area contributed by atoms with Crippen molar-refractivity contribution < 1.29 is 18.0 Å². The highest BCUT2D eigenvalue weighted by Gasteiger charge is 2.20. The molecule has 2 fully saturated rings. The first kappa shape index (κ1) is 24.1. The lowest BCUT2D eigenvalue weighted by molar-refractivity contribution is 0.0949. The van der Waals surface area contributed by atoms with Crippen molar-refractivity contribution in [3.05, 3.63) is 59.5 Å². The summed E-state index contributed by atoms with van der Waals surface area (Å²) in [5, 5.41) is 6.35. The molecule has 0 unspecified atom stereocenters. The minimum atomic E-state index is -0.673. The summed E-state index contributed by atoms with van der Waals surface area (Å²) < 4.78 is 35.9. The lowest BCUT2D eigenvalue weighted by Gasteiger charge is -2.28. The molecule has 2 saturated heterocycles. The van der Waals surface area contributed by atoms with E-state index in [4.69, 9.17) is 4.42 Å². The molecule has 0 spiro atoms. The third kappa shape index (κ3) is 4.98. The van der Waals surface area contributed by atoms with Crippen LogP contribution in [0.3, 0.4) is 0 Å². The number of oxazole rings is 1. The molecule has 1 atom stereocenters. The highest BCUT2D eigenvalue weighted by atomic mass is 19.1. The molecule has 7 nitrogen and oxygen atoms in total. The van der Waals surface area contributed by atoms with Gasteiger partial charge in [0.1, 0.15) is 12.0 Å². The Kier molecular flexibility index (Phi) is 6.65. The van der Waals surface area contributed by atoms with Crippen LogP contribution in [0.4, 0.5) is 8.78 Å². The number of alkyl halides is 1. The van der Waals surface area contributed by atoms with Crippen molar-refractivity contribution in [1.29, 1.82) is 0 Å². The number of carbonyl (C=O) groups excluding carboxylic acids is 1. The fraction of sp³-hybridized carbons (Fsp3) is 0.429. The minimum absolute atomic E-state index is 0.169. The number of rotatable bonds is 7. The molecule has 9 heteroatoms. The molecule has 2 aromatic heterocycles. The van der Waals surface area contributed by atoms with Crippen molar-refractivity contribution in [3.63, 3.8) is 0 Å². The van der Waals surface area contributed by atoms with Crippen molar-refractivity contribution in [2.45, 2.75) is 44.3 Å². The van der Waals surface area contributed by atoms with E-state index in [1.165, 1.54) is 0 Å². The third-order valence-corrected chi connectivity index (χ3v) is 7.54. The Morgan fingerprint density at radius 2 is 2.03 bits per heavy atom. The van der Waals surface area contributed by atoms with Crippen molar-refractivity contribution >= 4 is 22.9 Å². The van der Waals surface area contributed by atoms with E-state index in [0.717, 1.165) is 56.5 Å². The van der Waals surface area contributed by atoms with Gasteiger partial charge in [0.2, 0.25) is 0 Å². The Balaban J connectivity index is 1.12. The number of nitrogens with one attached hydrogen (secondary N) is 2. The van der Waals surface area contributed by atoms with Gasteiger partial charge in [-0.05, 0) is 81.1 Å². The fourth-order valence-electron chi connectivity index (χ4n) is 5.43. The zero-order valence-electron chi connectivity index (χ0n) is 20.7. The van der Waals surface area contributed by atoms with Crippen molar-refractivity contribution in [3.8, 4) is 11.3 Å². The van der Waals surface area contributed by atoms with Crippen LogP contribution in [0.15, 0.2) is 47.0 Å². The molecular formula is C28H31F2N5O2. The zero-order chi connectivity index (χ0) is 25.4. The number of fused-ring (bicyclic) bond motifs is 3. The molecule has 4 heterocycles. The molecule has 6 rings (SSSR count). The van der Waals surface area contributed by atoms with Crippen molar-refractivity contribution in [2.24, 2.45) is 0 Å². The first-order chi connectivity index (χ1) is 18.0. The number of imidazole rings is 1. The molecule has 0 aliphatic carbocycles. The maximum Gasteiger partial charge on any atom is 0.307 e. The first-order valence-corrected chi connectivity index (χ1v) is 13.1. The van der Waals surface area contributed by atoms with Gasteiger partial charge in [0, 0.05) is 43.0 Å². The molecular weight excluding hydrogens is 476 g/mol. The van der Waals surface area contributed by atoms with Gasteiger partial charge < -0.3 is 20.0 Å². The number of halogens is 2. The Morgan fingerprint density at radius 3 is 2.81 bits per heavy atom. The van der Waals surface area contributed by atoms with Gasteiger partial charge in [-0.3, -0.25) is 9.20 Å². The number of amides is 1. The topological polar surface area (TPSA) is 74.8 Å². The lowest BCUT2D eigenvalue weighted by Crippen LogP contribution is -2.36. The number of piperidine rings is 1. The van der Waals surface area contributed by atoms with E-state index in [0.29, 0.717) is 47.6 Å². The van der Waals surface area contributed by atoms with Crippen molar-refractivity contribution in [1.82, 2.24) is 24.9 Å². The molecule has 0 bridgehead atoms. The number of hydrogen-bond acceptors (Lipinski definition) is 5. The zero-order valence-corrected chi connectivity index (χ0v) is 20.7. The van der Waals surface area contributed by atoms with E-state index in [-0.39, 0.29) is 17.8 Å². The third-order valence-electron chi connectivity index (χ3n) is 7.54. The first-order valence-electron chi connectivity index (χ1n) is 13.1. The van der Waals surface area contributed by atoms with Crippen LogP contribution in [-0.4, -0.2) is 59.1 Å². The predicted octanol–water partition coefficient (Wildman–Crippen LogP) is 4.86. The van der Waals surface area contributed by atoms with Gasteiger partial charge in [0.15, 0.2) is 5.58 Å². The van der Waals surface area contributed by atoms with E-state index < -0.39 is 6.17 Å². The summed E-state index contributed by atoms with van der Waals surface area (Å²) >= 11 is 0. The Morgan fingerprint density at radius 1 is 1.16 bits per heavy atom. The summed E-state index contributed by atoms with van der Waals surface area (Å²) in [5.74, 6) is -0.124. The van der Waals surface area contributed by atoms with Gasteiger partial charge in [-0.25, -0.2) is 8.78 Å². The molecule has 37 heavy (non-hydrogen) atoms.